The van der Waals surface area contributed by atoms with Crippen molar-refractivity contribution in [2.45, 2.75) is 61.8 Å². The van der Waals surface area contributed by atoms with Gasteiger partial charge >= 0.3 is 5.97 Å². The molecule has 0 spiro atoms. The molecule has 5 rings (SSSR count). The van der Waals surface area contributed by atoms with Crippen LogP contribution in [0.4, 0.5) is 5.69 Å². The Morgan fingerprint density at radius 2 is 1.49 bits per heavy atom. The third-order valence-corrected chi connectivity index (χ3v) is 10.8. The quantitative estimate of drug-likeness (QED) is 0.0387. The van der Waals surface area contributed by atoms with E-state index in [1.807, 2.05) is 41.6 Å². The predicted octanol–water partition coefficient (Wildman–Crippen LogP) is 6.35. The van der Waals surface area contributed by atoms with E-state index in [9.17, 15) is 14.4 Å². The van der Waals surface area contributed by atoms with Crippen LogP contribution < -0.4 is 14.8 Å². The van der Waals surface area contributed by atoms with Gasteiger partial charge < -0.3 is 38.6 Å². The number of nitrogens with one attached hydrogen (secondary N) is 1. The second-order valence-corrected chi connectivity index (χ2v) is 14.4. The fourth-order valence-corrected chi connectivity index (χ4v) is 7.59. The molecule has 0 bridgehead atoms. The number of para-hydroxylation sites is 1. The molecule has 2 aliphatic carbocycles. The van der Waals surface area contributed by atoms with E-state index in [0.717, 1.165) is 97.7 Å². The molecular formula is C39H51N3O8S. The van der Waals surface area contributed by atoms with Crippen LogP contribution in [0.3, 0.4) is 0 Å². The summed E-state index contributed by atoms with van der Waals surface area (Å²) in [6, 6.07) is 14.1. The molecule has 0 saturated heterocycles. The summed E-state index contributed by atoms with van der Waals surface area (Å²) in [4.78, 5) is 34.8. The highest BCUT2D eigenvalue weighted by atomic mass is 32.2. The van der Waals surface area contributed by atoms with Gasteiger partial charge in [-0.15, -0.1) is 0 Å². The molecule has 276 valence electrons. The van der Waals surface area contributed by atoms with Crippen LogP contribution in [0.1, 0.15) is 56.9 Å². The molecule has 2 aromatic carbocycles. The first-order valence-corrected chi connectivity index (χ1v) is 19.0. The fourth-order valence-electron chi connectivity index (χ4n) is 6.47. The van der Waals surface area contributed by atoms with Crippen molar-refractivity contribution in [1.29, 1.82) is 0 Å². The number of fused-ring (bicyclic) bond motifs is 1. The van der Waals surface area contributed by atoms with Crippen molar-refractivity contribution in [3.8, 4) is 11.5 Å². The average Bonchev–Trinajstić information content (AvgIpc) is 3.61. The maximum absolute atomic E-state index is 11.3. The monoisotopic (exact) mass is 721 g/mol. The summed E-state index contributed by atoms with van der Waals surface area (Å²) in [5.74, 6) is 2.19. The molecule has 1 N–H and O–H groups in total. The van der Waals surface area contributed by atoms with Crippen LogP contribution in [0.15, 0.2) is 65.1 Å². The third-order valence-electron chi connectivity index (χ3n) is 9.61. The highest BCUT2D eigenvalue weighted by Gasteiger charge is 2.27. The van der Waals surface area contributed by atoms with Gasteiger partial charge in [0.1, 0.15) is 30.7 Å². The van der Waals surface area contributed by atoms with Crippen molar-refractivity contribution in [2.24, 2.45) is 28.8 Å². The van der Waals surface area contributed by atoms with Gasteiger partial charge in [-0.1, -0.05) is 30.5 Å². The van der Waals surface area contributed by atoms with Gasteiger partial charge in [-0.05, 0) is 93.5 Å². The van der Waals surface area contributed by atoms with Crippen molar-refractivity contribution in [3.63, 3.8) is 0 Å². The number of carbonyl (C=O) groups excluding carboxylic acids is 3. The van der Waals surface area contributed by atoms with E-state index in [0.29, 0.717) is 51.4 Å². The second kappa shape index (κ2) is 20.8. The third kappa shape index (κ3) is 12.4. The molecule has 2 aromatic rings. The van der Waals surface area contributed by atoms with E-state index in [1.165, 1.54) is 0 Å². The van der Waals surface area contributed by atoms with Gasteiger partial charge in [0.2, 0.25) is 0 Å². The largest absolute Gasteiger partial charge is 0.493 e. The minimum absolute atomic E-state index is 0.142. The summed E-state index contributed by atoms with van der Waals surface area (Å²) in [6.07, 6.45) is 12.8. The Bertz CT molecular complexity index is 1420. The van der Waals surface area contributed by atoms with Crippen molar-refractivity contribution in [1.82, 2.24) is 5.01 Å². The molecule has 1 heterocycles. The first-order chi connectivity index (χ1) is 25.0. The summed E-state index contributed by atoms with van der Waals surface area (Å²) in [5.41, 5.74) is 1.73. The van der Waals surface area contributed by atoms with Crippen LogP contribution in [-0.4, -0.2) is 88.1 Å². The molecule has 2 fully saturated rings. The minimum Gasteiger partial charge on any atom is -0.493 e. The zero-order valence-corrected chi connectivity index (χ0v) is 30.1. The Hall–Kier alpha value is -3.87. The first-order valence-electron chi connectivity index (χ1n) is 18.1. The molecular weight excluding hydrogens is 671 g/mol. The van der Waals surface area contributed by atoms with Gasteiger partial charge in [0.15, 0.2) is 5.50 Å². The fraction of sp³-hybridized carbons (Fsp3) is 0.538. The van der Waals surface area contributed by atoms with Gasteiger partial charge in [0.25, 0.3) is 0 Å². The SMILES string of the molecule is C=CC(=O)OCCOCCOCCN(/N=C/c1cc(OCC2CCC(C=O)CC2)ccc1OCC1CCC(C=O)CC1)C1Nc2ccccc2S1. The van der Waals surface area contributed by atoms with Crippen molar-refractivity contribution in [3.05, 3.63) is 60.7 Å². The average molecular weight is 722 g/mol. The lowest BCUT2D eigenvalue weighted by Crippen LogP contribution is -2.35. The standard InChI is InChI=1S/C39H51N3O8S/c1-2-38(45)48-22-21-47-20-19-46-18-17-42(39-41-35-5-3-4-6-37(35)51-39)40-24-33-23-34(49-27-31-11-7-29(25-43)8-12-31)15-16-36(33)50-28-32-13-9-30(26-44)10-14-32/h2-6,15-16,23-26,29-32,39,41H,1,7-14,17-22,27-28H2/b40-24+. The number of hydrazone groups is 1. The van der Waals surface area contributed by atoms with Crippen molar-refractivity contribution >= 4 is 42.2 Å². The number of rotatable bonds is 21. The van der Waals surface area contributed by atoms with Gasteiger partial charge in [-0.25, -0.2) is 4.79 Å². The van der Waals surface area contributed by atoms with Crippen LogP contribution in [0.25, 0.3) is 0 Å². The number of nitrogens with zero attached hydrogens (tertiary/aromatic N) is 2. The van der Waals surface area contributed by atoms with Crippen molar-refractivity contribution in [2.75, 3.05) is 58.1 Å². The van der Waals surface area contributed by atoms with Crippen LogP contribution >= 0.6 is 11.8 Å². The molecule has 0 amide bonds. The topological polar surface area (TPSA) is 125 Å². The highest BCUT2D eigenvalue weighted by molar-refractivity contribution is 8.00. The summed E-state index contributed by atoms with van der Waals surface area (Å²) >= 11 is 1.69. The van der Waals surface area contributed by atoms with Crippen LogP contribution in [0.5, 0.6) is 11.5 Å². The number of hydrogen-bond acceptors (Lipinski definition) is 12. The molecule has 0 radical (unpaired) electrons. The Balaban J connectivity index is 1.23. The molecule has 51 heavy (non-hydrogen) atoms. The Morgan fingerprint density at radius 1 is 0.843 bits per heavy atom. The Morgan fingerprint density at radius 3 is 2.16 bits per heavy atom. The highest BCUT2D eigenvalue weighted by Crippen LogP contribution is 2.39. The molecule has 1 atom stereocenters. The van der Waals surface area contributed by atoms with E-state index in [1.54, 1.807) is 11.8 Å². The summed E-state index contributed by atoms with van der Waals surface area (Å²) in [6.45, 7) is 6.72. The van der Waals surface area contributed by atoms with Crippen LogP contribution in [0, 0.1) is 23.7 Å². The number of ether oxygens (including phenoxy) is 5. The smallest absolute Gasteiger partial charge is 0.330 e. The maximum Gasteiger partial charge on any atom is 0.330 e. The number of anilines is 1. The number of aldehydes is 2. The predicted molar refractivity (Wildman–Crippen MR) is 197 cm³/mol. The molecule has 0 aromatic heterocycles. The lowest BCUT2D eigenvalue weighted by atomic mass is 9.83. The molecule has 2 saturated carbocycles. The number of esters is 1. The number of hydrogen-bond donors (Lipinski definition) is 1. The normalized spacial score (nSPS) is 22.8. The van der Waals surface area contributed by atoms with E-state index < -0.39 is 5.97 Å². The lowest BCUT2D eigenvalue weighted by Gasteiger charge is -2.27. The zero-order chi connectivity index (χ0) is 35.7. The minimum atomic E-state index is -0.471. The molecule has 1 unspecified atom stereocenters. The lowest BCUT2D eigenvalue weighted by molar-refractivity contribution is -0.139. The van der Waals surface area contributed by atoms with Crippen LogP contribution in [-0.2, 0) is 28.6 Å². The molecule has 11 nitrogen and oxygen atoms in total. The van der Waals surface area contributed by atoms with Gasteiger partial charge in [-0.2, -0.15) is 5.10 Å². The van der Waals surface area contributed by atoms with E-state index in [4.69, 9.17) is 28.8 Å². The molecule has 3 aliphatic rings. The van der Waals surface area contributed by atoms with E-state index in [-0.39, 0.29) is 30.5 Å². The summed E-state index contributed by atoms with van der Waals surface area (Å²) < 4.78 is 29.0. The molecule has 1 aliphatic heterocycles. The Kier molecular flexibility index (Phi) is 15.7. The maximum atomic E-state index is 11.3. The van der Waals surface area contributed by atoms with E-state index >= 15 is 0 Å². The van der Waals surface area contributed by atoms with E-state index in [2.05, 4.69) is 24.0 Å². The van der Waals surface area contributed by atoms with Gasteiger partial charge in [-0.3, -0.25) is 5.01 Å². The summed E-state index contributed by atoms with van der Waals surface area (Å²) in [5, 5.41) is 10.5. The number of thioether (sulfide) groups is 1. The first kappa shape index (κ1) is 38.4. The zero-order valence-electron chi connectivity index (χ0n) is 29.3. The number of benzene rings is 2. The number of carbonyl (C=O) groups is 3. The van der Waals surface area contributed by atoms with Gasteiger partial charge in [0.05, 0.1) is 58.1 Å². The van der Waals surface area contributed by atoms with Gasteiger partial charge in [0, 0.05) is 28.4 Å². The van der Waals surface area contributed by atoms with Crippen molar-refractivity contribution < 1.29 is 38.1 Å². The second-order valence-electron chi connectivity index (χ2n) is 13.3. The van der Waals surface area contributed by atoms with Crippen LogP contribution in [0.2, 0.25) is 0 Å². The summed E-state index contributed by atoms with van der Waals surface area (Å²) in [7, 11) is 0. The molecule has 12 heteroatoms. The Labute approximate surface area is 305 Å².